The SMILES string of the molecule is C#CCN(C(=O)OC)c1cccc2ccc(COC(=O)O)cc12. The van der Waals surface area contributed by atoms with Crippen molar-refractivity contribution in [3.63, 3.8) is 0 Å². The summed E-state index contributed by atoms with van der Waals surface area (Å²) in [5.74, 6) is 2.42. The van der Waals surface area contributed by atoms with E-state index in [1.165, 1.54) is 12.0 Å². The van der Waals surface area contributed by atoms with Crippen LogP contribution in [-0.4, -0.2) is 31.0 Å². The van der Waals surface area contributed by atoms with E-state index < -0.39 is 12.2 Å². The summed E-state index contributed by atoms with van der Waals surface area (Å²) >= 11 is 0. The van der Waals surface area contributed by atoms with Crippen LogP contribution < -0.4 is 4.90 Å². The molecule has 0 radical (unpaired) electrons. The molecule has 2 rings (SSSR count). The fourth-order valence-electron chi connectivity index (χ4n) is 2.22. The molecule has 6 nitrogen and oxygen atoms in total. The summed E-state index contributed by atoms with van der Waals surface area (Å²) in [6, 6.07) is 10.8. The molecule has 23 heavy (non-hydrogen) atoms. The number of amides is 1. The maximum Gasteiger partial charge on any atom is 0.506 e. The van der Waals surface area contributed by atoms with Crippen LogP contribution in [0.1, 0.15) is 5.56 Å². The standard InChI is InChI=1S/C17H15NO5/c1-3-9-18(16(19)22-2)15-6-4-5-13-8-7-12(10-14(13)15)11-23-17(20)21/h1,4-8,10H,9,11H2,2H3,(H,20,21). The van der Waals surface area contributed by atoms with Gasteiger partial charge in [-0.05, 0) is 23.1 Å². The van der Waals surface area contributed by atoms with E-state index in [-0.39, 0.29) is 13.2 Å². The third-order valence-corrected chi connectivity index (χ3v) is 3.22. The van der Waals surface area contributed by atoms with Crippen molar-refractivity contribution >= 4 is 28.7 Å². The second kappa shape index (κ2) is 7.18. The number of benzene rings is 2. The molecule has 0 spiro atoms. The van der Waals surface area contributed by atoms with Gasteiger partial charge in [0.15, 0.2) is 0 Å². The maximum atomic E-state index is 12.0. The van der Waals surface area contributed by atoms with Gasteiger partial charge in [0.2, 0.25) is 0 Å². The largest absolute Gasteiger partial charge is 0.506 e. The first-order chi connectivity index (χ1) is 11.1. The molecule has 1 N–H and O–H groups in total. The van der Waals surface area contributed by atoms with Gasteiger partial charge in [-0.15, -0.1) is 6.42 Å². The van der Waals surface area contributed by atoms with Crippen molar-refractivity contribution in [3.8, 4) is 12.3 Å². The van der Waals surface area contributed by atoms with Crippen molar-refractivity contribution < 1.29 is 24.2 Å². The lowest BCUT2D eigenvalue weighted by Gasteiger charge is -2.20. The summed E-state index contributed by atoms with van der Waals surface area (Å²) in [5, 5.41) is 10.2. The topological polar surface area (TPSA) is 76.1 Å². The van der Waals surface area contributed by atoms with Crippen LogP contribution in [0.15, 0.2) is 36.4 Å². The molecule has 0 bridgehead atoms. The van der Waals surface area contributed by atoms with E-state index in [1.807, 2.05) is 12.1 Å². The minimum absolute atomic E-state index is 0.0572. The summed E-state index contributed by atoms with van der Waals surface area (Å²) in [6.45, 7) is -0.0192. The second-order valence-corrected chi connectivity index (χ2v) is 4.65. The average molecular weight is 313 g/mol. The zero-order chi connectivity index (χ0) is 16.8. The molecule has 118 valence electrons. The highest BCUT2D eigenvalue weighted by Gasteiger charge is 2.17. The van der Waals surface area contributed by atoms with Crippen LogP contribution in [0, 0.1) is 12.3 Å². The number of carboxylic acid groups (broad SMARTS) is 1. The number of hydrogen-bond donors (Lipinski definition) is 1. The van der Waals surface area contributed by atoms with E-state index in [1.54, 1.807) is 24.3 Å². The van der Waals surface area contributed by atoms with E-state index in [0.29, 0.717) is 11.3 Å². The Morgan fingerprint density at radius 1 is 1.30 bits per heavy atom. The second-order valence-electron chi connectivity index (χ2n) is 4.65. The molecular weight excluding hydrogens is 298 g/mol. The van der Waals surface area contributed by atoms with E-state index in [4.69, 9.17) is 16.3 Å². The van der Waals surface area contributed by atoms with E-state index in [9.17, 15) is 9.59 Å². The van der Waals surface area contributed by atoms with Gasteiger partial charge in [0.25, 0.3) is 0 Å². The van der Waals surface area contributed by atoms with E-state index in [0.717, 1.165) is 10.8 Å². The molecule has 2 aromatic rings. The molecule has 0 heterocycles. The quantitative estimate of drug-likeness (QED) is 0.692. The van der Waals surface area contributed by atoms with Crippen molar-refractivity contribution in [1.29, 1.82) is 0 Å². The van der Waals surface area contributed by atoms with Crippen LogP contribution in [0.5, 0.6) is 0 Å². The van der Waals surface area contributed by atoms with E-state index >= 15 is 0 Å². The first kappa shape index (κ1) is 16.2. The smallest absolute Gasteiger partial charge is 0.452 e. The van der Waals surface area contributed by atoms with Gasteiger partial charge >= 0.3 is 12.2 Å². The summed E-state index contributed by atoms with van der Waals surface area (Å²) < 4.78 is 9.34. The first-order valence-corrected chi connectivity index (χ1v) is 6.73. The zero-order valence-corrected chi connectivity index (χ0v) is 12.5. The lowest BCUT2D eigenvalue weighted by Crippen LogP contribution is -2.31. The van der Waals surface area contributed by atoms with Gasteiger partial charge in [0, 0.05) is 5.39 Å². The fraction of sp³-hybridized carbons (Fsp3) is 0.176. The number of hydrogen-bond acceptors (Lipinski definition) is 4. The molecule has 0 saturated carbocycles. The molecule has 0 aromatic heterocycles. The Bertz CT molecular complexity index is 778. The van der Waals surface area contributed by atoms with Gasteiger partial charge in [-0.3, -0.25) is 4.90 Å². The average Bonchev–Trinajstić information content (AvgIpc) is 2.56. The number of ether oxygens (including phenoxy) is 2. The Kier molecular flexibility index (Phi) is 5.05. The van der Waals surface area contributed by atoms with Crippen molar-refractivity contribution in [2.75, 3.05) is 18.6 Å². The Labute approximate surface area is 133 Å². The Balaban J connectivity index is 2.49. The number of nitrogens with zero attached hydrogens (tertiary/aromatic N) is 1. The first-order valence-electron chi connectivity index (χ1n) is 6.73. The zero-order valence-electron chi connectivity index (χ0n) is 12.5. The van der Waals surface area contributed by atoms with Crippen molar-refractivity contribution in [2.24, 2.45) is 0 Å². The summed E-state index contributed by atoms with van der Waals surface area (Å²) in [6.07, 6.45) is 3.42. The molecule has 0 aliphatic carbocycles. The van der Waals surface area contributed by atoms with Crippen molar-refractivity contribution in [1.82, 2.24) is 0 Å². The number of fused-ring (bicyclic) bond motifs is 1. The van der Waals surface area contributed by atoms with Gasteiger partial charge in [-0.2, -0.15) is 0 Å². The number of rotatable bonds is 4. The van der Waals surface area contributed by atoms with Gasteiger partial charge in [-0.1, -0.05) is 30.2 Å². The minimum atomic E-state index is -1.35. The molecule has 0 atom stereocenters. The monoisotopic (exact) mass is 313 g/mol. The Morgan fingerprint density at radius 3 is 2.74 bits per heavy atom. The molecule has 0 saturated heterocycles. The molecular formula is C17H15NO5. The highest BCUT2D eigenvalue weighted by molar-refractivity contribution is 6.02. The third-order valence-electron chi connectivity index (χ3n) is 3.22. The molecule has 6 heteroatoms. The van der Waals surface area contributed by atoms with Gasteiger partial charge in [-0.25, -0.2) is 9.59 Å². The van der Waals surface area contributed by atoms with Crippen LogP contribution >= 0.6 is 0 Å². The lowest BCUT2D eigenvalue weighted by atomic mass is 10.0. The normalized spacial score (nSPS) is 9.91. The van der Waals surface area contributed by atoms with Crippen LogP contribution in [0.2, 0.25) is 0 Å². The molecule has 2 aromatic carbocycles. The van der Waals surface area contributed by atoms with Gasteiger partial charge in [0.05, 0.1) is 19.3 Å². The van der Waals surface area contributed by atoms with Gasteiger partial charge < -0.3 is 14.6 Å². The Morgan fingerprint density at radius 2 is 2.09 bits per heavy atom. The predicted octanol–water partition coefficient (Wildman–Crippen LogP) is 3.24. The van der Waals surface area contributed by atoms with Crippen LogP contribution in [-0.2, 0) is 16.1 Å². The molecule has 0 unspecified atom stereocenters. The highest BCUT2D eigenvalue weighted by atomic mass is 16.7. The van der Waals surface area contributed by atoms with Crippen molar-refractivity contribution in [2.45, 2.75) is 6.61 Å². The molecule has 0 fully saturated rings. The minimum Gasteiger partial charge on any atom is -0.452 e. The number of methoxy groups -OCH3 is 1. The summed E-state index contributed by atoms with van der Waals surface area (Å²) in [4.78, 5) is 23.8. The maximum absolute atomic E-state index is 12.0. The Hall–Kier alpha value is -3.20. The number of terminal acetylenes is 1. The number of anilines is 1. The third kappa shape index (κ3) is 3.71. The van der Waals surface area contributed by atoms with Crippen LogP contribution in [0.25, 0.3) is 10.8 Å². The number of carbonyl (C=O) groups excluding carboxylic acids is 1. The van der Waals surface area contributed by atoms with Crippen LogP contribution in [0.3, 0.4) is 0 Å². The lowest BCUT2D eigenvalue weighted by molar-refractivity contribution is 0.0854. The summed E-state index contributed by atoms with van der Waals surface area (Å²) in [7, 11) is 1.28. The molecule has 0 aliphatic heterocycles. The van der Waals surface area contributed by atoms with Crippen LogP contribution in [0.4, 0.5) is 15.3 Å². The van der Waals surface area contributed by atoms with Gasteiger partial charge in [0.1, 0.15) is 6.61 Å². The van der Waals surface area contributed by atoms with E-state index in [2.05, 4.69) is 10.7 Å². The fourth-order valence-corrected chi connectivity index (χ4v) is 2.22. The molecule has 1 amide bonds. The number of carbonyl (C=O) groups is 2. The van der Waals surface area contributed by atoms with Crippen molar-refractivity contribution in [3.05, 3.63) is 42.0 Å². The molecule has 0 aliphatic rings. The summed E-state index contributed by atoms with van der Waals surface area (Å²) in [5.41, 5.74) is 1.25. The highest BCUT2D eigenvalue weighted by Crippen LogP contribution is 2.28. The predicted molar refractivity (Wildman–Crippen MR) is 85.3 cm³/mol.